The molecule has 6 rings (SSSR count). The molecule has 4 aromatic heterocycles. The van der Waals surface area contributed by atoms with E-state index in [0.717, 1.165) is 31.5 Å². The van der Waals surface area contributed by atoms with E-state index >= 15 is 0 Å². The van der Waals surface area contributed by atoms with E-state index in [-0.39, 0.29) is 34.9 Å². The second-order valence-electron chi connectivity index (χ2n) is 11.3. The molecular formula is C34H32FN7O4. The fourth-order valence-corrected chi connectivity index (χ4v) is 5.16. The van der Waals surface area contributed by atoms with E-state index in [1.165, 1.54) is 41.2 Å². The van der Waals surface area contributed by atoms with Gasteiger partial charge in [0.15, 0.2) is 0 Å². The van der Waals surface area contributed by atoms with Crippen molar-refractivity contribution in [2.75, 3.05) is 18.4 Å². The molecule has 12 heteroatoms. The molecule has 5 heterocycles. The lowest BCUT2D eigenvalue weighted by Crippen LogP contribution is -2.42. The maximum Gasteiger partial charge on any atom is 0.270 e. The first-order valence-corrected chi connectivity index (χ1v) is 15.0. The molecule has 3 N–H and O–H groups in total. The fraction of sp³-hybridized carbons (Fsp3) is 0.235. The van der Waals surface area contributed by atoms with Crippen LogP contribution in [-0.2, 0) is 0 Å². The summed E-state index contributed by atoms with van der Waals surface area (Å²) in [5.74, 6) is -0.255. The Bertz CT molecular complexity index is 1950. The molecular weight excluding hydrogens is 589 g/mol. The number of pyridine rings is 4. The number of carbonyl (C=O) groups is 2. The molecule has 1 saturated heterocycles. The van der Waals surface area contributed by atoms with Crippen molar-refractivity contribution in [2.45, 2.75) is 38.6 Å². The van der Waals surface area contributed by atoms with E-state index < -0.39 is 17.3 Å². The van der Waals surface area contributed by atoms with Gasteiger partial charge in [0, 0.05) is 29.5 Å². The average molecular weight is 622 g/mol. The first kappa shape index (κ1) is 30.5. The number of anilines is 1. The Kier molecular flexibility index (Phi) is 8.79. The average Bonchev–Trinajstić information content (AvgIpc) is 3.06. The quantitative estimate of drug-likeness (QED) is 0.221. The molecule has 1 aromatic carbocycles. The molecule has 1 aliphatic rings. The van der Waals surface area contributed by atoms with E-state index in [2.05, 4.69) is 30.9 Å². The molecule has 0 unspecified atom stereocenters. The highest BCUT2D eigenvalue weighted by molar-refractivity contribution is 6.03. The van der Waals surface area contributed by atoms with E-state index in [9.17, 15) is 18.8 Å². The molecule has 46 heavy (non-hydrogen) atoms. The molecule has 11 nitrogen and oxygen atoms in total. The number of amides is 2. The predicted molar refractivity (Wildman–Crippen MR) is 171 cm³/mol. The topological polar surface area (TPSA) is 140 Å². The summed E-state index contributed by atoms with van der Waals surface area (Å²) >= 11 is 0. The minimum Gasteiger partial charge on any atom is -0.455 e. The predicted octanol–water partition coefficient (Wildman–Crippen LogP) is 4.96. The summed E-state index contributed by atoms with van der Waals surface area (Å²) in [6.45, 7) is 5.61. The van der Waals surface area contributed by atoms with Crippen molar-refractivity contribution in [1.82, 2.24) is 30.2 Å². The zero-order valence-corrected chi connectivity index (χ0v) is 25.3. The third kappa shape index (κ3) is 6.76. The third-order valence-corrected chi connectivity index (χ3v) is 7.76. The van der Waals surface area contributed by atoms with Gasteiger partial charge in [0.25, 0.3) is 17.4 Å². The molecule has 0 bridgehead atoms. The van der Waals surface area contributed by atoms with Crippen LogP contribution in [0.15, 0.2) is 84.2 Å². The molecule has 0 atom stereocenters. The second kappa shape index (κ2) is 13.2. The molecule has 0 aliphatic carbocycles. The van der Waals surface area contributed by atoms with Crippen LogP contribution in [0.1, 0.15) is 59.0 Å². The van der Waals surface area contributed by atoms with Gasteiger partial charge in [-0.3, -0.25) is 23.9 Å². The van der Waals surface area contributed by atoms with Crippen molar-refractivity contribution in [1.29, 1.82) is 0 Å². The summed E-state index contributed by atoms with van der Waals surface area (Å²) in [6.07, 6.45) is 7.93. The van der Waals surface area contributed by atoms with Gasteiger partial charge in [0.05, 0.1) is 17.9 Å². The molecule has 2 amide bonds. The molecule has 234 valence electrons. The van der Waals surface area contributed by atoms with Gasteiger partial charge in [-0.15, -0.1) is 0 Å². The number of aromatic nitrogens is 4. The second-order valence-corrected chi connectivity index (χ2v) is 11.3. The first-order valence-electron chi connectivity index (χ1n) is 15.0. The van der Waals surface area contributed by atoms with Crippen LogP contribution in [0.5, 0.6) is 11.5 Å². The number of hydrogen-bond acceptors (Lipinski definition) is 8. The van der Waals surface area contributed by atoms with Gasteiger partial charge in [-0.05, 0) is 92.0 Å². The summed E-state index contributed by atoms with van der Waals surface area (Å²) in [7, 11) is 0. The van der Waals surface area contributed by atoms with E-state index in [1.807, 2.05) is 13.8 Å². The molecule has 5 aromatic rings. The van der Waals surface area contributed by atoms with Gasteiger partial charge in [-0.1, -0.05) is 13.8 Å². The van der Waals surface area contributed by atoms with E-state index in [0.29, 0.717) is 28.1 Å². The number of benzene rings is 1. The van der Waals surface area contributed by atoms with Gasteiger partial charge >= 0.3 is 0 Å². The van der Waals surface area contributed by atoms with Crippen molar-refractivity contribution in [3.63, 3.8) is 0 Å². The van der Waals surface area contributed by atoms with Crippen LogP contribution >= 0.6 is 0 Å². The zero-order chi connectivity index (χ0) is 32.2. The van der Waals surface area contributed by atoms with Gasteiger partial charge in [0.2, 0.25) is 0 Å². The molecule has 0 spiro atoms. The summed E-state index contributed by atoms with van der Waals surface area (Å²) < 4.78 is 20.9. The normalized spacial score (nSPS) is 13.5. The summed E-state index contributed by atoms with van der Waals surface area (Å²) in [6, 6.07) is 13.7. The molecule has 0 radical (unpaired) electrons. The Morgan fingerprint density at radius 1 is 0.978 bits per heavy atom. The van der Waals surface area contributed by atoms with Crippen LogP contribution in [0.2, 0.25) is 0 Å². The lowest BCUT2D eigenvalue weighted by molar-refractivity contribution is 0.0924. The molecule has 1 fully saturated rings. The SMILES string of the molecule is CC(C)c1cc(C(=O)Nc2ccc(Oc3ccnc4cnc(C(=O)NC5CCNCC5)cc34)cn2)c(=O)n(-c2ccc(F)cc2)c1. The number of fused-ring (bicyclic) bond motifs is 1. The van der Waals surface area contributed by atoms with Gasteiger partial charge in [-0.2, -0.15) is 0 Å². The highest BCUT2D eigenvalue weighted by atomic mass is 19.1. The van der Waals surface area contributed by atoms with Crippen molar-refractivity contribution >= 4 is 28.5 Å². The van der Waals surface area contributed by atoms with Crippen molar-refractivity contribution < 1.29 is 18.7 Å². The highest BCUT2D eigenvalue weighted by Crippen LogP contribution is 2.29. The van der Waals surface area contributed by atoms with Crippen molar-refractivity contribution in [2.24, 2.45) is 0 Å². The van der Waals surface area contributed by atoms with Crippen LogP contribution in [0.4, 0.5) is 10.2 Å². The fourth-order valence-electron chi connectivity index (χ4n) is 5.16. The van der Waals surface area contributed by atoms with Gasteiger partial charge in [0.1, 0.15) is 34.4 Å². The number of carbonyl (C=O) groups excluding carboxylic acids is 2. The Morgan fingerprint density at radius 3 is 2.48 bits per heavy atom. The Hall–Kier alpha value is -5.49. The largest absolute Gasteiger partial charge is 0.455 e. The number of piperidine rings is 1. The number of hydrogen-bond donors (Lipinski definition) is 3. The number of nitrogens with one attached hydrogen (secondary N) is 3. The maximum atomic E-state index is 13.5. The molecule has 1 aliphatic heterocycles. The number of halogens is 1. The smallest absolute Gasteiger partial charge is 0.270 e. The summed E-state index contributed by atoms with van der Waals surface area (Å²) in [5.41, 5.74) is 1.41. The van der Waals surface area contributed by atoms with Crippen LogP contribution in [0.25, 0.3) is 16.6 Å². The van der Waals surface area contributed by atoms with Gasteiger partial charge < -0.3 is 20.7 Å². The van der Waals surface area contributed by atoms with Crippen LogP contribution in [-0.4, -0.2) is 50.5 Å². The van der Waals surface area contributed by atoms with Crippen molar-refractivity contribution in [3.8, 4) is 17.2 Å². The number of rotatable bonds is 8. The lowest BCUT2D eigenvalue weighted by Gasteiger charge is -2.23. The lowest BCUT2D eigenvalue weighted by atomic mass is 10.0. The first-order chi connectivity index (χ1) is 22.2. The van der Waals surface area contributed by atoms with Crippen LogP contribution in [0.3, 0.4) is 0 Å². The van der Waals surface area contributed by atoms with Crippen LogP contribution < -0.4 is 26.2 Å². The minimum absolute atomic E-state index is 0.0216. The molecule has 0 saturated carbocycles. The van der Waals surface area contributed by atoms with Gasteiger partial charge in [-0.25, -0.2) is 14.4 Å². The maximum absolute atomic E-state index is 13.5. The Morgan fingerprint density at radius 2 is 1.76 bits per heavy atom. The highest BCUT2D eigenvalue weighted by Gasteiger charge is 2.20. The van der Waals surface area contributed by atoms with Crippen molar-refractivity contribution in [3.05, 3.63) is 112 Å². The van der Waals surface area contributed by atoms with Crippen LogP contribution in [0, 0.1) is 5.82 Å². The minimum atomic E-state index is -0.632. The Balaban J connectivity index is 1.19. The zero-order valence-electron chi connectivity index (χ0n) is 25.3. The van der Waals surface area contributed by atoms with E-state index in [1.54, 1.807) is 42.7 Å². The van der Waals surface area contributed by atoms with E-state index in [4.69, 9.17) is 4.74 Å². The third-order valence-electron chi connectivity index (χ3n) is 7.76. The number of ether oxygens (including phenoxy) is 1. The number of nitrogens with zero attached hydrogens (tertiary/aromatic N) is 4. The summed E-state index contributed by atoms with van der Waals surface area (Å²) in [4.78, 5) is 52.4. The Labute approximate surface area is 263 Å². The standard InChI is InChI=1S/C34H32FN7O4/c1-20(2)21-15-27(34(45)42(19-21)24-5-3-22(35)4-6-24)32(43)41-31-8-7-25(17-39-31)46-30-11-14-37-29-18-38-28(16-26(29)30)33(44)40-23-9-12-36-13-10-23/h3-8,11,14-20,23,36H,9-10,12-13H2,1-2H3,(H,40,44)(H,39,41,43). The summed E-state index contributed by atoms with van der Waals surface area (Å²) in [5, 5.41) is 9.61. The monoisotopic (exact) mass is 621 g/mol.